The Kier molecular flexibility index (Phi) is 2.97. The van der Waals surface area contributed by atoms with Crippen molar-refractivity contribution in [3.63, 3.8) is 0 Å². The maximum Gasteiger partial charge on any atom is 0.103 e. The van der Waals surface area contributed by atoms with Crippen molar-refractivity contribution in [3.05, 3.63) is 46.8 Å². The zero-order valence-electron chi connectivity index (χ0n) is 10.4. The lowest BCUT2D eigenvalue weighted by Gasteiger charge is -2.08. The van der Waals surface area contributed by atoms with E-state index < -0.39 is 0 Å². The first-order valence-electron chi connectivity index (χ1n) is 5.72. The van der Waals surface area contributed by atoms with Crippen molar-refractivity contribution in [2.24, 2.45) is 0 Å². The molecule has 0 bridgehead atoms. The summed E-state index contributed by atoms with van der Waals surface area (Å²) in [5.74, 6) is 0. The van der Waals surface area contributed by atoms with E-state index in [-0.39, 0.29) is 0 Å². The largest absolute Gasteiger partial charge is 0.236 e. The number of hydrogen-bond acceptors (Lipinski definition) is 2. The van der Waals surface area contributed by atoms with Gasteiger partial charge in [0, 0.05) is 0 Å². The van der Waals surface area contributed by atoms with E-state index in [0.717, 1.165) is 17.8 Å². The van der Waals surface area contributed by atoms with Gasteiger partial charge < -0.3 is 0 Å². The molecule has 2 aromatic rings. The molecule has 3 heteroatoms. The second-order valence-corrected chi connectivity index (χ2v) is 4.15. The van der Waals surface area contributed by atoms with Gasteiger partial charge in [-0.1, -0.05) is 13.0 Å². The molecule has 86 valence electrons. The van der Waals surface area contributed by atoms with Gasteiger partial charge in [0.1, 0.15) is 6.07 Å². The summed E-state index contributed by atoms with van der Waals surface area (Å²) in [4.78, 5) is 0. The first kappa shape index (κ1) is 11.4. The minimum atomic E-state index is 0.658. The third-order valence-electron chi connectivity index (χ3n) is 3.06. The van der Waals surface area contributed by atoms with Crippen LogP contribution in [0.4, 0.5) is 0 Å². The number of aryl methyl sites for hydroxylation is 2. The van der Waals surface area contributed by atoms with Crippen LogP contribution in [0.2, 0.25) is 0 Å². The second-order valence-electron chi connectivity index (χ2n) is 4.15. The molecule has 0 aliphatic carbocycles. The molecule has 0 aliphatic rings. The Balaban J connectivity index is 2.57. The molecule has 0 spiro atoms. The molecule has 0 unspecified atom stereocenters. The summed E-state index contributed by atoms with van der Waals surface area (Å²) in [6.45, 7) is 6.21. The fourth-order valence-electron chi connectivity index (χ4n) is 1.89. The SMILES string of the molecule is CCc1c(C#N)cnn1-c1ccc(C)c(C)c1. The van der Waals surface area contributed by atoms with Crippen molar-refractivity contribution < 1.29 is 0 Å². The van der Waals surface area contributed by atoms with E-state index in [0.29, 0.717) is 5.56 Å². The Bertz CT molecular complexity index is 588. The van der Waals surface area contributed by atoms with Gasteiger partial charge in [-0.25, -0.2) is 4.68 Å². The summed E-state index contributed by atoms with van der Waals surface area (Å²) in [6.07, 6.45) is 2.43. The van der Waals surface area contributed by atoms with Gasteiger partial charge in [0.05, 0.1) is 23.1 Å². The summed E-state index contributed by atoms with van der Waals surface area (Å²) >= 11 is 0. The van der Waals surface area contributed by atoms with Crippen LogP contribution in [0.3, 0.4) is 0 Å². The van der Waals surface area contributed by atoms with E-state index >= 15 is 0 Å². The van der Waals surface area contributed by atoms with Crippen LogP contribution < -0.4 is 0 Å². The molecule has 0 radical (unpaired) electrons. The lowest BCUT2D eigenvalue weighted by Crippen LogP contribution is -2.02. The highest BCUT2D eigenvalue weighted by Gasteiger charge is 2.10. The fourth-order valence-corrected chi connectivity index (χ4v) is 1.89. The minimum absolute atomic E-state index is 0.658. The van der Waals surface area contributed by atoms with Gasteiger partial charge in [-0.3, -0.25) is 0 Å². The topological polar surface area (TPSA) is 41.6 Å². The third kappa shape index (κ3) is 1.94. The summed E-state index contributed by atoms with van der Waals surface area (Å²) in [7, 11) is 0. The molecule has 0 saturated carbocycles. The third-order valence-corrected chi connectivity index (χ3v) is 3.06. The first-order valence-corrected chi connectivity index (χ1v) is 5.72. The van der Waals surface area contributed by atoms with Crippen LogP contribution in [0.15, 0.2) is 24.4 Å². The van der Waals surface area contributed by atoms with Gasteiger partial charge in [-0.05, 0) is 43.5 Å². The maximum atomic E-state index is 9.01. The normalized spacial score (nSPS) is 10.2. The lowest BCUT2D eigenvalue weighted by molar-refractivity contribution is 0.812. The summed E-state index contributed by atoms with van der Waals surface area (Å²) in [5, 5.41) is 13.3. The quantitative estimate of drug-likeness (QED) is 0.788. The average Bonchev–Trinajstić information content (AvgIpc) is 2.75. The zero-order valence-corrected chi connectivity index (χ0v) is 10.4. The number of hydrogen-bond donors (Lipinski definition) is 0. The number of aromatic nitrogens is 2. The van der Waals surface area contributed by atoms with Crippen LogP contribution in [-0.2, 0) is 6.42 Å². The van der Waals surface area contributed by atoms with Crippen molar-refractivity contribution in [2.75, 3.05) is 0 Å². The zero-order chi connectivity index (χ0) is 12.4. The van der Waals surface area contributed by atoms with Gasteiger partial charge in [0.25, 0.3) is 0 Å². The Morgan fingerprint density at radius 2 is 2.06 bits per heavy atom. The molecule has 1 aromatic heterocycles. The molecular weight excluding hydrogens is 210 g/mol. The van der Waals surface area contributed by atoms with E-state index in [2.05, 4.69) is 37.1 Å². The molecule has 0 amide bonds. The van der Waals surface area contributed by atoms with Gasteiger partial charge >= 0.3 is 0 Å². The van der Waals surface area contributed by atoms with Crippen LogP contribution in [-0.4, -0.2) is 9.78 Å². The molecule has 0 atom stereocenters. The Labute approximate surface area is 101 Å². The standard InChI is InChI=1S/C14H15N3/c1-4-14-12(8-15)9-16-17(14)13-6-5-10(2)11(3)7-13/h5-7,9H,4H2,1-3H3. The molecule has 0 aliphatic heterocycles. The molecular formula is C14H15N3. The number of benzene rings is 1. The molecule has 0 fully saturated rings. The van der Waals surface area contributed by atoms with Crippen LogP contribution in [0.5, 0.6) is 0 Å². The van der Waals surface area contributed by atoms with Crippen LogP contribution in [0, 0.1) is 25.2 Å². The van der Waals surface area contributed by atoms with E-state index in [9.17, 15) is 0 Å². The second kappa shape index (κ2) is 4.42. The molecule has 1 aromatic carbocycles. The number of nitrogens with zero attached hydrogens (tertiary/aromatic N) is 3. The minimum Gasteiger partial charge on any atom is -0.236 e. The fraction of sp³-hybridized carbons (Fsp3) is 0.286. The van der Waals surface area contributed by atoms with Crippen molar-refractivity contribution >= 4 is 0 Å². The van der Waals surface area contributed by atoms with E-state index in [1.165, 1.54) is 11.1 Å². The first-order chi connectivity index (χ1) is 8.17. The molecule has 17 heavy (non-hydrogen) atoms. The van der Waals surface area contributed by atoms with Crippen molar-refractivity contribution in [1.29, 1.82) is 5.26 Å². The highest BCUT2D eigenvalue weighted by molar-refractivity contribution is 5.43. The van der Waals surface area contributed by atoms with Gasteiger partial charge in [-0.2, -0.15) is 10.4 Å². The summed E-state index contributed by atoms with van der Waals surface area (Å²) in [6, 6.07) is 8.40. The maximum absolute atomic E-state index is 9.01. The monoisotopic (exact) mass is 225 g/mol. The predicted octanol–water partition coefficient (Wildman–Crippen LogP) is 2.92. The van der Waals surface area contributed by atoms with E-state index in [1.807, 2.05) is 17.7 Å². The highest BCUT2D eigenvalue weighted by atomic mass is 15.3. The Hall–Kier alpha value is -2.08. The Morgan fingerprint density at radius 1 is 1.29 bits per heavy atom. The van der Waals surface area contributed by atoms with Gasteiger partial charge in [-0.15, -0.1) is 0 Å². The summed E-state index contributed by atoms with van der Waals surface area (Å²) < 4.78 is 1.85. The highest BCUT2D eigenvalue weighted by Crippen LogP contribution is 2.17. The lowest BCUT2D eigenvalue weighted by atomic mass is 10.1. The number of nitriles is 1. The molecule has 0 N–H and O–H groups in total. The van der Waals surface area contributed by atoms with Gasteiger partial charge in [0.2, 0.25) is 0 Å². The van der Waals surface area contributed by atoms with Crippen molar-refractivity contribution in [3.8, 4) is 11.8 Å². The molecule has 1 heterocycles. The van der Waals surface area contributed by atoms with Crippen LogP contribution in [0.1, 0.15) is 29.3 Å². The van der Waals surface area contributed by atoms with Crippen molar-refractivity contribution in [1.82, 2.24) is 9.78 Å². The van der Waals surface area contributed by atoms with E-state index in [4.69, 9.17) is 5.26 Å². The average molecular weight is 225 g/mol. The molecule has 3 nitrogen and oxygen atoms in total. The Morgan fingerprint density at radius 3 is 2.65 bits per heavy atom. The van der Waals surface area contributed by atoms with Crippen LogP contribution >= 0.6 is 0 Å². The van der Waals surface area contributed by atoms with E-state index in [1.54, 1.807) is 6.20 Å². The van der Waals surface area contributed by atoms with Crippen molar-refractivity contribution in [2.45, 2.75) is 27.2 Å². The van der Waals surface area contributed by atoms with Crippen LogP contribution in [0.25, 0.3) is 5.69 Å². The van der Waals surface area contributed by atoms with Gasteiger partial charge in [0.15, 0.2) is 0 Å². The number of rotatable bonds is 2. The summed E-state index contributed by atoms with van der Waals surface area (Å²) in [5.41, 5.74) is 5.14. The predicted molar refractivity (Wildman–Crippen MR) is 67.1 cm³/mol. The smallest absolute Gasteiger partial charge is 0.103 e. The molecule has 0 saturated heterocycles. The molecule has 2 rings (SSSR count).